The molecule has 0 aliphatic carbocycles. The molecule has 44 heavy (non-hydrogen) atoms. The van der Waals surface area contributed by atoms with Gasteiger partial charge in [0.1, 0.15) is 10.8 Å². The monoisotopic (exact) mass is 615 g/mol. The second kappa shape index (κ2) is 16.8. The number of hydrogen-bond acceptors (Lipinski definition) is 9. The van der Waals surface area contributed by atoms with Crippen LogP contribution in [0.2, 0.25) is 0 Å². The van der Waals surface area contributed by atoms with E-state index in [0.717, 1.165) is 47.5 Å². The van der Waals surface area contributed by atoms with Gasteiger partial charge in [0, 0.05) is 13.0 Å². The summed E-state index contributed by atoms with van der Waals surface area (Å²) >= 11 is 1.39. The number of rotatable bonds is 16. The van der Waals surface area contributed by atoms with Crippen LogP contribution in [0.3, 0.4) is 0 Å². The molecule has 11 nitrogen and oxygen atoms in total. The average Bonchev–Trinajstić information content (AvgIpc) is 3.45. The molecule has 230 valence electrons. The van der Waals surface area contributed by atoms with Gasteiger partial charge in [0.05, 0.1) is 18.5 Å². The second-order valence-electron chi connectivity index (χ2n) is 10.7. The highest BCUT2D eigenvalue weighted by molar-refractivity contribution is 7.15. The Hall–Kier alpha value is -4.71. The molecule has 2 heterocycles. The number of hydrogen-bond donors (Lipinski definition) is 3. The first-order chi connectivity index (χ1) is 21.3. The van der Waals surface area contributed by atoms with Gasteiger partial charge in [-0.25, -0.2) is 0 Å². The van der Waals surface area contributed by atoms with Crippen LogP contribution in [0, 0.1) is 5.92 Å². The number of carbonyl (C=O) groups excluding carboxylic acids is 3. The maximum Gasteiger partial charge on any atom is 0.257 e. The molecule has 0 atom stereocenters. The fraction of sp³-hybridized carbons (Fsp3) is 0.344. The smallest absolute Gasteiger partial charge is 0.257 e. The summed E-state index contributed by atoms with van der Waals surface area (Å²) in [6.07, 6.45) is 3.69. The minimum atomic E-state index is -0.230. The van der Waals surface area contributed by atoms with Crippen LogP contribution in [-0.4, -0.2) is 51.3 Å². The molecule has 0 aliphatic heterocycles. The van der Waals surface area contributed by atoms with E-state index in [-0.39, 0.29) is 30.7 Å². The third-order valence-corrected chi connectivity index (χ3v) is 7.22. The molecule has 3 amide bonds. The lowest BCUT2D eigenvalue weighted by Crippen LogP contribution is -2.31. The first kappa shape index (κ1) is 32.2. The average molecular weight is 616 g/mol. The third kappa shape index (κ3) is 11.5. The lowest BCUT2D eigenvalue weighted by Gasteiger charge is -2.10. The predicted octanol–water partition coefficient (Wildman–Crippen LogP) is 4.41. The van der Waals surface area contributed by atoms with Crippen LogP contribution in [0.1, 0.15) is 48.5 Å². The van der Waals surface area contributed by atoms with Gasteiger partial charge in [-0.05, 0) is 60.6 Å². The summed E-state index contributed by atoms with van der Waals surface area (Å²) in [5.41, 5.74) is 2.53. The quantitative estimate of drug-likeness (QED) is 0.157. The van der Waals surface area contributed by atoms with Gasteiger partial charge in [-0.1, -0.05) is 67.6 Å². The lowest BCUT2D eigenvalue weighted by molar-refractivity contribution is -0.123. The van der Waals surface area contributed by atoms with E-state index in [1.165, 1.54) is 11.3 Å². The summed E-state index contributed by atoms with van der Waals surface area (Å²) in [4.78, 5) is 36.7. The molecule has 0 saturated heterocycles. The van der Waals surface area contributed by atoms with Gasteiger partial charge in [0.2, 0.25) is 16.9 Å². The van der Waals surface area contributed by atoms with Crippen LogP contribution >= 0.6 is 11.3 Å². The Bertz CT molecular complexity index is 1510. The lowest BCUT2D eigenvalue weighted by atomic mass is 10.1. The molecule has 0 spiro atoms. The number of nitrogens with one attached hydrogen (secondary N) is 3. The zero-order chi connectivity index (χ0) is 31.1. The molecule has 0 unspecified atom stereocenters. The van der Waals surface area contributed by atoms with Crippen molar-refractivity contribution in [1.29, 1.82) is 0 Å². The molecule has 12 heteroatoms. The van der Waals surface area contributed by atoms with E-state index >= 15 is 0 Å². The zero-order valence-corrected chi connectivity index (χ0v) is 25.7. The first-order valence-corrected chi connectivity index (χ1v) is 15.4. The van der Waals surface area contributed by atoms with E-state index in [4.69, 9.17) is 4.74 Å². The van der Waals surface area contributed by atoms with E-state index in [1.807, 2.05) is 56.3 Å². The molecule has 0 bridgehead atoms. The molecule has 4 rings (SSSR count). The Morgan fingerprint density at radius 3 is 2.30 bits per heavy atom. The summed E-state index contributed by atoms with van der Waals surface area (Å²) in [5.74, 6) is 0.737. The number of nitrogens with zero attached hydrogens (tertiary/aromatic N) is 4. The minimum Gasteiger partial charge on any atom is -0.484 e. The van der Waals surface area contributed by atoms with Crippen LogP contribution in [0.4, 0.5) is 10.9 Å². The normalized spacial score (nSPS) is 10.8. The summed E-state index contributed by atoms with van der Waals surface area (Å²) in [5, 5.41) is 26.4. The first-order valence-electron chi connectivity index (χ1n) is 14.6. The number of anilines is 2. The molecule has 4 aromatic rings. The van der Waals surface area contributed by atoms with Gasteiger partial charge in [0.25, 0.3) is 5.91 Å². The molecular weight excluding hydrogens is 578 g/mol. The van der Waals surface area contributed by atoms with Crippen LogP contribution in [0.5, 0.6) is 5.75 Å². The maximum atomic E-state index is 12.6. The molecular formula is C32H37N7O4S. The zero-order valence-electron chi connectivity index (χ0n) is 24.9. The van der Waals surface area contributed by atoms with Crippen LogP contribution < -0.4 is 20.7 Å². The van der Waals surface area contributed by atoms with Crippen molar-refractivity contribution in [2.75, 3.05) is 23.8 Å². The van der Waals surface area contributed by atoms with Crippen molar-refractivity contribution in [3.8, 4) is 5.75 Å². The number of aromatic nitrogens is 4. The third-order valence-electron chi connectivity index (χ3n) is 6.32. The van der Waals surface area contributed by atoms with E-state index in [9.17, 15) is 14.4 Å². The van der Waals surface area contributed by atoms with Crippen LogP contribution in [0.25, 0.3) is 0 Å². The molecule has 2 aromatic carbocycles. The molecule has 0 radical (unpaired) electrons. The van der Waals surface area contributed by atoms with Crippen LogP contribution in [0.15, 0.2) is 66.7 Å². The maximum absolute atomic E-state index is 12.6. The summed E-state index contributed by atoms with van der Waals surface area (Å²) < 4.78 is 5.56. The largest absolute Gasteiger partial charge is 0.484 e. The SMILES string of the molecule is CC(C)CNC(=O)COc1cccc(CC(=O)Nc2ccc(CCCCc3nnc(NC(=O)Cc4ccccc4)s3)nn2)c1. The highest BCUT2D eigenvalue weighted by atomic mass is 32.1. The Morgan fingerprint density at radius 2 is 1.52 bits per heavy atom. The molecule has 3 N–H and O–H groups in total. The Labute approximate surface area is 260 Å². The van der Waals surface area contributed by atoms with E-state index in [0.29, 0.717) is 35.6 Å². The minimum absolute atomic E-state index is 0.0808. The molecule has 0 saturated carbocycles. The van der Waals surface area contributed by atoms with Gasteiger partial charge < -0.3 is 20.7 Å². The van der Waals surface area contributed by atoms with Crippen molar-refractivity contribution in [2.24, 2.45) is 5.92 Å². The molecule has 0 aliphatic rings. The van der Waals surface area contributed by atoms with E-state index < -0.39 is 0 Å². The number of unbranched alkanes of at least 4 members (excludes halogenated alkanes) is 1. The molecule has 2 aromatic heterocycles. The number of carbonyl (C=O) groups is 3. The van der Waals surface area contributed by atoms with Crippen molar-refractivity contribution < 1.29 is 19.1 Å². The summed E-state index contributed by atoms with van der Waals surface area (Å²) in [6.45, 7) is 4.56. The van der Waals surface area contributed by atoms with Crippen molar-refractivity contribution in [2.45, 2.75) is 52.4 Å². The standard InChI is InChI=1S/C32H37N7O4S/c1-22(2)20-33-30(42)21-43-26-13-8-11-24(17-26)19-28(40)34-27-16-15-25(36-37-27)12-6-7-14-31-38-39-32(44-31)35-29(41)18-23-9-4-3-5-10-23/h3-5,8-11,13,15-17,22H,6-7,12,14,18-21H2,1-2H3,(H,33,42)(H,34,37,40)(H,35,39,41). The van der Waals surface area contributed by atoms with Crippen molar-refractivity contribution in [1.82, 2.24) is 25.7 Å². The second-order valence-corrected chi connectivity index (χ2v) is 11.7. The number of ether oxygens (including phenoxy) is 1. The Kier molecular flexibility index (Phi) is 12.3. The Balaban J connectivity index is 1.13. The molecule has 0 fully saturated rings. The van der Waals surface area contributed by atoms with Gasteiger partial charge in [0.15, 0.2) is 12.4 Å². The topological polar surface area (TPSA) is 148 Å². The fourth-order valence-corrected chi connectivity index (χ4v) is 4.93. The Morgan fingerprint density at radius 1 is 0.773 bits per heavy atom. The summed E-state index contributed by atoms with van der Waals surface area (Å²) in [7, 11) is 0. The van der Waals surface area contributed by atoms with Crippen molar-refractivity contribution in [3.05, 3.63) is 88.6 Å². The fourth-order valence-electron chi connectivity index (χ4n) is 4.13. The van der Waals surface area contributed by atoms with Gasteiger partial charge in [-0.2, -0.15) is 5.10 Å². The van der Waals surface area contributed by atoms with E-state index in [2.05, 4.69) is 36.3 Å². The van der Waals surface area contributed by atoms with Gasteiger partial charge in [-0.3, -0.25) is 14.4 Å². The highest BCUT2D eigenvalue weighted by Crippen LogP contribution is 2.18. The highest BCUT2D eigenvalue weighted by Gasteiger charge is 2.11. The predicted molar refractivity (Wildman–Crippen MR) is 169 cm³/mol. The van der Waals surface area contributed by atoms with Crippen LogP contribution in [-0.2, 0) is 40.1 Å². The van der Waals surface area contributed by atoms with Gasteiger partial charge in [-0.15, -0.1) is 15.3 Å². The number of benzene rings is 2. The number of aryl methyl sites for hydroxylation is 2. The summed E-state index contributed by atoms with van der Waals surface area (Å²) in [6, 6.07) is 20.3. The van der Waals surface area contributed by atoms with Gasteiger partial charge >= 0.3 is 0 Å². The van der Waals surface area contributed by atoms with Crippen molar-refractivity contribution in [3.63, 3.8) is 0 Å². The van der Waals surface area contributed by atoms with E-state index in [1.54, 1.807) is 24.3 Å². The number of amides is 3. The van der Waals surface area contributed by atoms with Crippen molar-refractivity contribution >= 4 is 40.0 Å².